The molecule has 58 heavy (non-hydrogen) atoms. The SMILES string of the molecule is Cc1c(C#Cc2cnn(CCCCn3cnc(CCc4cccc5c4CN(C4CCC(=O)NC4=O)C5=O)c3)c2)sc2c1C(c1ccc(Cl)cc1)=NCc1nnc(C)n1-2. The first-order valence-corrected chi connectivity index (χ1v) is 20.6. The molecule has 15 heteroatoms. The van der Waals surface area contributed by atoms with Gasteiger partial charge in [0.15, 0.2) is 5.82 Å². The molecule has 0 saturated carbocycles. The number of thiophene rings is 1. The summed E-state index contributed by atoms with van der Waals surface area (Å²) in [7, 11) is 0. The molecule has 1 atom stereocenters. The molecule has 292 valence electrons. The Balaban J connectivity index is 0.795. The van der Waals surface area contributed by atoms with Crippen molar-refractivity contribution in [2.45, 2.75) is 84.6 Å². The van der Waals surface area contributed by atoms with Crippen LogP contribution in [0.4, 0.5) is 0 Å². The molecule has 3 aliphatic rings. The Morgan fingerprint density at radius 1 is 0.983 bits per heavy atom. The van der Waals surface area contributed by atoms with Gasteiger partial charge in [-0.25, -0.2) is 4.98 Å². The fourth-order valence-electron chi connectivity index (χ4n) is 7.95. The summed E-state index contributed by atoms with van der Waals surface area (Å²) in [4.78, 5) is 49.5. The number of amides is 3. The normalized spacial score (nSPS) is 16.0. The molecule has 9 rings (SSSR count). The van der Waals surface area contributed by atoms with E-state index in [0.29, 0.717) is 30.1 Å². The first-order valence-electron chi connectivity index (χ1n) is 19.4. The molecule has 3 amide bonds. The number of aryl methyl sites for hydroxylation is 5. The third-order valence-corrected chi connectivity index (χ3v) is 12.4. The highest BCUT2D eigenvalue weighted by Gasteiger charge is 2.39. The maximum absolute atomic E-state index is 13.2. The van der Waals surface area contributed by atoms with Gasteiger partial charge in [0.05, 0.1) is 34.4 Å². The minimum Gasteiger partial charge on any atom is -0.337 e. The van der Waals surface area contributed by atoms with E-state index in [4.69, 9.17) is 16.6 Å². The van der Waals surface area contributed by atoms with Crippen molar-refractivity contribution in [3.8, 4) is 16.8 Å². The van der Waals surface area contributed by atoms with E-state index in [2.05, 4.69) is 59.7 Å². The van der Waals surface area contributed by atoms with Gasteiger partial charge in [-0.05, 0) is 80.8 Å². The third-order valence-electron chi connectivity index (χ3n) is 11.0. The van der Waals surface area contributed by atoms with Gasteiger partial charge in [0.2, 0.25) is 11.8 Å². The number of rotatable bonds is 10. The van der Waals surface area contributed by atoms with E-state index < -0.39 is 11.9 Å². The van der Waals surface area contributed by atoms with Gasteiger partial charge in [-0.15, -0.1) is 21.5 Å². The van der Waals surface area contributed by atoms with Crippen LogP contribution in [0.5, 0.6) is 0 Å². The third kappa shape index (κ3) is 7.27. The van der Waals surface area contributed by atoms with Crippen LogP contribution in [0.25, 0.3) is 5.00 Å². The van der Waals surface area contributed by atoms with Crippen LogP contribution in [-0.2, 0) is 48.6 Å². The summed E-state index contributed by atoms with van der Waals surface area (Å²) in [6.07, 6.45) is 11.7. The van der Waals surface area contributed by atoms with Crippen molar-refractivity contribution >= 4 is 46.4 Å². The Kier molecular flexibility index (Phi) is 10.1. The number of carbonyl (C=O) groups is 3. The Bertz CT molecular complexity index is 2690. The minimum atomic E-state index is -0.621. The van der Waals surface area contributed by atoms with Gasteiger partial charge in [0.25, 0.3) is 5.91 Å². The van der Waals surface area contributed by atoms with Crippen LogP contribution in [0, 0.1) is 25.7 Å². The van der Waals surface area contributed by atoms with Gasteiger partial charge >= 0.3 is 0 Å². The fourth-order valence-corrected chi connectivity index (χ4v) is 9.31. The second-order valence-corrected chi connectivity index (χ2v) is 16.2. The van der Waals surface area contributed by atoms with Crippen LogP contribution in [0.15, 0.2) is 72.4 Å². The number of halogens is 1. The molecule has 7 heterocycles. The molecule has 13 nitrogen and oxygen atoms in total. The molecule has 2 aromatic carbocycles. The second-order valence-electron chi connectivity index (χ2n) is 14.8. The molecular formula is C43H39ClN10O3S. The predicted octanol–water partition coefficient (Wildman–Crippen LogP) is 5.77. The maximum Gasteiger partial charge on any atom is 0.255 e. The first-order chi connectivity index (χ1) is 28.2. The Labute approximate surface area is 343 Å². The van der Waals surface area contributed by atoms with E-state index in [1.165, 1.54) is 0 Å². The van der Waals surface area contributed by atoms with E-state index in [1.807, 2.05) is 72.8 Å². The number of unbranched alkanes of at least 4 members (excludes halogenated alkanes) is 1. The number of hydrogen-bond donors (Lipinski definition) is 1. The quantitative estimate of drug-likeness (QED) is 0.105. The standard InChI is InChI=1S/C43H39ClN10O3S/c1-26-36(58-43-39(26)40(30-9-12-31(44)13-10-30)45-21-37-50-49-27(2)54(37)43)16-8-28-20-47-52(22-28)19-4-3-18-51-23-32(46-25-51)14-11-29-6-5-7-33-34(29)24-53(42(33)57)35-15-17-38(55)48-41(35)56/h5-7,9-10,12-13,20,22-23,25,35H,3-4,11,14-15,17-19,21,24H2,1-2H3,(H,48,55,56). The van der Waals surface area contributed by atoms with Crippen molar-refractivity contribution in [3.05, 3.63) is 134 Å². The number of hydrogen-bond acceptors (Lipinski definition) is 9. The Morgan fingerprint density at radius 3 is 2.67 bits per heavy atom. The average Bonchev–Trinajstić information content (AvgIpc) is 4.05. The smallest absolute Gasteiger partial charge is 0.255 e. The molecule has 0 aliphatic carbocycles. The summed E-state index contributed by atoms with van der Waals surface area (Å²) in [6.45, 7) is 6.48. The highest BCUT2D eigenvalue weighted by atomic mass is 35.5. The van der Waals surface area contributed by atoms with Crippen LogP contribution in [0.1, 0.15) is 91.6 Å². The number of aliphatic imine (C=N–C) groups is 1. The number of piperidine rings is 1. The summed E-state index contributed by atoms with van der Waals surface area (Å²) in [5.74, 6) is 7.53. The largest absolute Gasteiger partial charge is 0.337 e. The van der Waals surface area contributed by atoms with Crippen molar-refractivity contribution in [1.29, 1.82) is 0 Å². The lowest BCUT2D eigenvalue weighted by Crippen LogP contribution is -2.52. The molecule has 3 aliphatic heterocycles. The molecule has 0 radical (unpaired) electrons. The highest BCUT2D eigenvalue weighted by molar-refractivity contribution is 7.15. The van der Waals surface area contributed by atoms with Crippen molar-refractivity contribution < 1.29 is 14.4 Å². The lowest BCUT2D eigenvalue weighted by Gasteiger charge is -2.29. The molecule has 1 N–H and O–H groups in total. The topological polar surface area (TPSA) is 145 Å². The molecule has 1 unspecified atom stereocenters. The van der Waals surface area contributed by atoms with Gasteiger partial charge in [0, 0.05) is 60.2 Å². The van der Waals surface area contributed by atoms with Crippen molar-refractivity contribution in [3.63, 3.8) is 0 Å². The minimum absolute atomic E-state index is 0.153. The van der Waals surface area contributed by atoms with Crippen LogP contribution >= 0.6 is 22.9 Å². The zero-order valence-electron chi connectivity index (χ0n) is 32.0. The average molecular weight is 811 g/mol. The monoisotopic (exact) mass is 810 g/mol. The second kappa shape index (κ2) is 15.6. The van der Waals surface area contributed by atoms with E-state index in [1.54, 1.807) is 16.2 Å². The number of nitrogens with one attached hydrogen (secondary N) is 1. The van der Waals surface area contributed by atoms with Crippen molar-refractivity contribution in [2.24, 2.45) is 4.99 Å². The van der Waals surface area contributed by atoms with Crippen molar-refractivity contribution in [2.75, 3.05) is 0 Å². The van der Waals surface area contributed by atoms with Gasteiger partial charge < -0.3 is 9.47 Å². The predicted molar refractivity (Wildman–Crippen MR) is 219 cm³/mol. The van der Waals surface area contributed by atoms with Gasteiger partial charge in [0.1, 0.15) is 23.4 Å². The lowest BCUT2D eigenvalue weighted by atomic mass is 9.99. The number of imidazole rings is 1. The lowest BCUT2D eigenvalue weighted by molar-refractivity contribution is -0.136. The van der Waals surface area contributed by atoms with Crippen molar-refractivity contribution in [1.82, 2.24) is 44.3 Å². The zero-order valence-corrected chi connectivity index (χ0v) is 33.6. The molecule has 0 bridgehead atoms. The van der Waals surface area contributed by atoms with Gasteiger partial charge in [-0.1, -0.05) is 47.7 Å². The van der Waals surface area contributed by atoms with Gasteiger partial charge in [-0.2, -0.15) is 5.10 Å². The number of aromatic nitrogens is 7. The molecule has 0 spiro atoms. The van der Waals surface area contributed by atoms with E-state index >= 15 is 0 Å². The number of benzene rings is 2. The Morgan fingerprint density at radius 2 is 1.83 bits per heavy atom. The fraction of sp³-hybridized carbons (Fsp3) is 0.302. The first kappa shape index (κ1) is 37.4. The number of fused-ring (bicyclic) bond motifs is 4. The van der Waals surface area contributed by atoms with Crippen LogP contribution < -0.4 is 5.32 Å². The highest BCUT2D eigenvalue weighted by Crippen LogP contribution is 2.37. The summed E-state index contributed by atoms with van der Waals surface area (Å²) in [5.41, 5.74) is 8.51. The van der Waals surface area contributed by atoms with E-state index in [-0.39, 0.29) is 18.2 Å². The van der Waals surface area contributed by atoms with E-state index in [9.17, 15) is 14.4 Å². The number of imide groups is 1. The van der Waals surface area contributed by atoms with Crippen LogP contribution in [0.2, 0.25) is 5.02 Å². The number of nitrogens with zero attached hydrogens (tertiary/aromatic N) is 9. The summed E-state index contributed by atoms with van der Waals surface area (Å²) in [6, 6.07) is 12.9. The maximum atomic E-state index is 13.2. The molecule has 4 aromatic heterocycles. The molecule has 1 fully saturated rings. The zero-order chi connectivity index (χ0) is 39.9. The molecular weight excluding hydrogens is 772 g/mol. The van der Waals surface area contributed by atoms with Gasteiger partial charge in [-0.3, -0.25) is 33.9 Å². The van der Waals surface area contributed by atoms with Crippen LogP contribution in [0.3, 0.4) is 0 Å². The Hall–Kier alpha value is -6.17. The summed E-state index contributed by atoms with van der Waals surface area (Å²) < 4.78 is 6.16. The summed E-state index contributed by atoms with van der Waals surface area (Å²) in [5, 5.41) is 17.4. The van der Waals surface area contributed by atoms with Crippen LogP contribution in [-0.4, -0.2) is 68.5 Å². The molecule has 1 saturated heterocycles. The summed E-state index contributed by atoms with van der Waals surface area (Å²) >= 11 is 7.84. The molecule has 6 aromatic rings. The van der Waals surface area contributed by atoms with E-state index in [0.717, 1.165) is 105 Å². The number of carbonyl (C=O) groups excluding carboxylic acids is 3.